The van der Waals surface area contributed by atoms with Gasteiger partial charge in [-0.25, -0.2) is 4.98 Å². The molecule has 3 N–H and O–H groups in total. The summed E-state index contributed by atoms with van der Waals surface area (Å²) in [7, 11) is 0. The second kappa shape index (κ2) is 7.43. The van der Waals surface area contributed by atoms with Crippen LogP contribution in [0.4, 0.5) is 0 Å². The fraction of sp³-hybridized carbons (Fsp3) is 0.667. The lowest BCUT2D eigenvalue weighted by molar-refractivity contribution is -0.144. The van der Waals surface area contributed by atoms with Gasteiger partial charge in [0.1, 0.15) is 5.54 Å². The Labute approximate surface area is 112 Å². The number of likely N-dealkylation sites (N-methyl/N-ethyl adjacent to an activating group) is 1. The van der Waals surface area contributed by atoms with E-state index in [-0.39, 0.29) is 0 Å². The van der Waals surface area contributed by atoms with Crippen molar-refractivity contribution >= 4 is 17.7 Å². The number of nitrogens with one attached hydrogen (secondary N) is 2. The minimum absolute atomic E-state index is 0.648. The van der Waals surface area contributed by atoms with Crippen molar-refractivity contribution < 1.29 is 9.90 Å². The van der Waals surface area contributed by atoms with E-state index in [4.69, 9.17) is 0 Å². The first-order valence-corrected chi connectivity index (χ1v) is 7.17. The first-order chi connectivity index (χ1) is 8.58. The maximum absolute atomic E-state index is 11.2. The topological polar surface area (TPSA) is 78.0 Å². The van der Waals surface area contributed by atoms with Crippen molar-refractivity contribution in [2.24, 2.45) is 0 Å². The molecule has 0 aliphatic rings. The number of carboxylic acids is 1. The number of aromatic amines is 1. The van der Waals surface area contributed by atoms with Gasteiger partial charge in [-0.15, -0.1) is 0 Å². The molecule has 0 fully saturated rings. The van der Waals surface area contributed by atoms with E-state index in [1.54, 1.807) is 31.1 Å². The van der Waals surface area contributed by atoms with Crippen LogP contribution in [0.2, 0.25) is 0 Å². The van der Waals surface area contributed by atoms with E-state index in [0.717, 1.165) is 23.8 Å². The summed E-state index contributed by atoms with van der Waals surface area (Å²) in [5.74, 6) is 0.179. The van der Waals surface area contributed by atoms with Crippen molar-refractivity contribution in [3.63, 3.8) is 0 Å². The fourth-order valence-electron chi connectivity index (χ4n) is 1.74. The Morgan fingerprint density at radius 3 is 2.94 bits per heavy atom. The molecule has 18 heavy (non-hydrogen) atoms. The summed E-state index contributed by atoms with van der Waals surface area (Å²) in [6.07, 6.45) is 6.06. The molecular formula is C12H21N3O2S. The Hall–Kier alpha value is -1.01. The number of rotatable bonds is 9. The van der Waals surface area contributed by atoms with Gasteiger partial charge in [0, 0.05) is 18.1 Å². The van der Waals surface area contributed by atoms with E-state index >= 15 is 0 Å². The molecule has 0 aromatic carbocycles. The van der Waals surface area contributed by atoms with Crippen LogP contribution in [0.3, 0.4) is 0 Å². The van der Waals surface area contributed by atoms with Crippen molar-refractivity contribution in [1.29, 1.82) is 0 Å². The Balaban J connectivity index is 2.21. The molecule has 1 rings (SSSR count). The van der Waals surface area contributed by atoms with Gasteiger partial charge in [0.15, 0.2) is 5.16 Å². The molecule has 0 bridgehead atoms. The van der Waals surface area contributed by atoms with E-state index in [1.165, 1.54) is 0 Å². The highest BCUT2D eigenvalue weighted by Gasteiger charge is 2.30. The summed E-state index contributed by atoms with van der Waals surface area (Å²) < 4.78 is 0. The minimum atomic E-state index is -0.801. The van der Waals surface area contributed by atoms with Crippen LogP contribution in [0.15, 0.2) is 17.6 Å². The van der Waals surface area contributed by atoms with Crippen molar-refractivity contribution in [3.05, 3.63) is 12.4 Å². The van der Waals surface area contributed by atoms with Gasteiger partial charge >= 0.3 is 5.97 Å². The second-order valence-electron chi connectivity index (χ2n) is 4.37. The zero-order valence-corrected chi connectivity index (χ0v) is 11.7. The molecule has 0 aliphatic heterocycles. The van der Waals surface area contributed by atoms with Gasteiger partial charge in [0.25, 0.3) is 0 Å². The van der Waals surface area contributed by atoms with E-state index < -0.39 is 11.5 Å². The van der Waals surface area contributed by atoms with Crippen LogP contribution < -0.4 is 5.32 Å². The van der Waals surface area contributed by atoms with E-state index in [9.17, 15) is 9.90 Å². The van der Waals surface area contributed by atoms with Gasteiger partial charge < -0.3 is 15.4 Å². The first kappa shape index (κ1) is 15.0. The monoisotopic (exact) mass is 271 g/mol. The Morgan fingerprint density at radius 2 is 2.39 bits per heavy atom. The average Bonchev–Trinajstić information content (AvgIpc) is 2.81. The number of unbranched alkanes of at least 4 members (excludes halogenated alkanes) is 1. The number of hydrogen-bond donors (Lipinski definition) is 3. The molecule has 1 unspecified atom stereocenters. The largest absolute Gasteiger partial charge is 0.480 e. The maximum Gasteiger partial charge on any atom is 0.323 e. The number of H-pyrrole nitrogens is 1. The van der Waals surface area contributed by atoms with Gasteiger partial charge in [0.05, 0.1) is 0 Å². The third-order valence-corrected chi connectivity index (χ3v) is 3.81. The third-order valence-electron chi connectivity index (χ3n) is 2.82. The van der Waals surface area contributed by atoms with Crippen LogP contribution in [0.25, 0.3) is 0 Å². The van der Waals surface area contributed by atoms with Crippen LogP contribution >= 0.6 is 11.8 Å². The zero-order valence-electron chi connectivity index (χ0n) is 10.9. The van der Waals surface area contributed by atoms with Crippen molar-refractivity contribution in [2.45, 2.75) is 43.8 Å². The molecule has 0 spiro atoms. The molecule has 1 atom stereocenters. The minimum Gasteiger partial charge on any atom is -0.480 e. The Bertz CT molecular complexity index is 356. The normalized spacial score (nSPS) is 14.3. The number of imidazole rings is 1. The summed E-state index contributed by atoms with van der Waals surface area (Å²) in [5.41, 5.74) is -0.801. The second-order valence-corrected chi connectivity index (χ2v) is 5.45. The molecule has 1 heterocycles. The molecule has 1 aromatic rings. The summed E-state index contributed by atoms with van der Waals surface area (Å²) >= 11 is 1.66. The molecule has 0 amide bonds. The number of nitrogens with zero attached hydrogens (tertiary/aromatic N) is 1. The SMILES string of the molecule is CCNC(C)(CCCCSc1ncc[nH]1)C(=O)O. The molecular weight excluding hydrogens is 250 g/mol. The highest BCUT2D eigenvalue weighted by Crippen LogP contribution is 2.18. The van der Waals surface area contributed by atoms with Crippen LogP contribution in [0, 0.1) is 0 Å². The highest BCUT2D eigenvalue weighted by atomic mass is 32.2. The predicted molar refractivity (Wildman–Crippen MR) is 72.9 cm³/mol. The summed E-state index contributed by atoms with van der Waals surface area (Å²) in [5, 5.41) is 13.1. The van der Waals surface area contributed by atoms with Gasteiger partial charge in [-0.05, 0) is 26.3 Å². The molecule has 0 saturated heterocycles. The quantitative estimate of drug-likeness (QED) is 0.474. The van der Waals surface area contributed by atoms with Gasteiger partial charge in [-0.3, -0.25) is 4.79 Å². The number of hydrogen-bond acceptors (Lipinski definition) is 4. The van der Waals surface area contributed by atoms with Crippen molar-refractivity contribution in [1.82, 2.24) is 15.3 Å². The number of carbonyl (C=O) groups is 1. The zero-order chi connectivity index (χ0) is 13.4. The summed E-state index contributed by atoms with van der Waals surface area (Å²) in [6, 6.07) is 0. The van der Waals surface area contributed by atoms with Crippen molar-refractivity contribution in [3.8, 4) is 0 Å². The Kier molecular flexibility index (Phi) is 6.21. The third kappa shape index (κ3) is 4.70. The molecule has 1 aromatic heterocycles. The van der Waals surface area contributed by atoms with Gasteiger partial charge in [-0.1, -0.05) is 25.1 Å². The number of aromatic nitrogens is 2. The molecule has 0 radical (unpaired) electrons. The van der Waals surface area contributed by atoms with Gasteiger partial charge in [-0.2, -0.15) is 0 Å². The predicted octanol–water partition coefficient (Wildman–Crippen LogP) is 2.12. The first-order valence-electron chi connectivity index (χ1n) is 6.19. The smallest absolute Gasteiger partial charge is 0.323 e. The number of thioether (sulfide) groups is 1. The molecule has 0 saturated carbocycles. The van der Waals surface area contributed by atoms with Crippen LogP contribution in [-0.2, 0) is 4.79 Å². The molecule has 102 valence electrons. The van der Waals surface area contributed by atoms with E-state index in [0.29, 0.717) is 13.0 Å². The highest BCUT2D eigenvalue weighted by molar-refractivity contribution is 7.99. The molecule has 5 nitrogen and oxygen atoms in total. The van der Waals surface area contributed by atoms with Gasteiger partial charge in [0.2, 0.25) is 0 Å². The lowest BCUT2D eigenvalue weighted by Crippen LogP contribution is -2.49. The van der Waals surface area contributed by atoms with Crippen LogP contribution in [0.1, 0.15) is 33.1 Å². The Morgan fingerprint density at radius 1 is 1.61 bits per heavy atom. The van der Waals surface area contributed by atoms with Crippen LogP contribution in [-0.4, -0.2) is 38.9 Å². The number of aliphatic carboxylic acids is 1. The lowest BCUT2D eigenvalue weighted by atomic mass is 9.95. The standard InChI is InChI=1S/C12H21N3O2S/c1-3-15-12(2,10(16)17)6-4-5-9-18-11-13-7-8-14-11/h7-8,15H,3-6,9H2,1-2H3,(H,13,14)(H,16,17). The summed E-state index contributed by atoms with van der Waals surface area (Å²) in [6.45, 7) is 4.34. The summed E-state index contributed by atoms with van der Waals surface area (Å²) in [4.78, 5) is 18.3. The van der Waals surface area contributed by atoms with Crippen LogP contribution in [0.5, 0.6) is 0 Å². The maximum atomic E-state index is 11.2. The fourth-order valence-corrected chi connectivity index (χ4v) is 2.57. The lowest BCUT2D eigenvalue weighted by Gasteiger charge is -2.25. The molecule has 6 heteroatoms. The van der Waals surface area contributed by atoms with E-state index in [1.807, 2.05) is 6.92 Å². The van der Waals surface area contributed by atoms with Crippen molar-refractivity contribution in [2.75, 3.05) is 12.3 Å². The average molecular weight is 271 g/mol. The number of carboxylic acid groups (broad SMARTS) is 1. The molecule has 0 aliphatic carbocycles. The van der Waals surface area contributed by atoms with E-state index in [2.05, 4.69) is 15.3 Å².